The Balaban J connectivity index is 1.84. The van der Waals surface area contributed by atoms with E-state index in [1.54, 1.807) is 12.1 Å². The molecule has 37 heavy (non-hydrogen) atoms. The average Bonchev–Trinajstić information content (AvgIpc) is 3.40. The van der Waals surface area contributed by atoms with Crippen LogP contribution in [0.3, 0.4) is 0 Å². The van der Waals surface area contributed by atoms with Gasteiger partial charge in [0.05, 0.1) is 45.0 Å². The van der Waals surface area contributed by atoms with Crippen molar-refractivity contribution in [1.82, 2.24) is 9.88 Å². The lowest BCUT2D eigenvalue weighted by atomic mass is 9.95. The number of aryl methyl sites for hydroxylation is 1. The van der Waals surface area contributed by atoms with Crippen molar-refractivity contribution in [2.24, 2.45) is 11.7 Å². The largest absolute Gasteiger partial charge is 0.493 e. The van der Waals surface area contributed by atoms with Gasteiger partial charge in [-0.25, -0.2) is 0 Å². The van der Waals surface area contributed by atoms with Crippen LogP contribution in [0, 0.1) is 5.92 Å². The Hall–Kier alpha value is -4.31. The molecule has 4 N–H and O–H groups in total. The predicted octanol–water partition coefficient (Wildman–Crippen LogP) is 2.11. The number of primary amides is 1. The van der Waals surface area contributed by atoms with E-state index >= 15 is 0 Å². The number of hydrogen-bond donors (Lipinski definition) is 3. The summed E-state index contributed by atoms with van der Waals surface area (Å²) in [5, 5.41) is 12.6. The monoisotopic (exact) mass is 507 g/mol. The average molecular weight is 508 g/mol. The Morgan fingerprint density at radius 1 is 1.03 bits per heavy atom. The maximum absolute atomic E-state index is 13.1. The number of aromatic nitrogens is 1. The summed E-state index contributed by atoms with van der Waals surface area (Å²) in [6, 6.07) is 10.8. The van der Waals surface area contributed by atoms with Crippen molar-refractivity contribution >= 4 is 39.8 Å². The first-order valence-corrected chi connectivity index (χ1v) is 11.7. The lowest BCUT2D eigenvalue weighted by molar-refractivity contribution is -0.124. The number of hydrogen-bond acceptors (Lipinski definition) is 7. The lowest BCUT2D eigenvalue weighted by Gasteiger charge is -2.14. The molecule has 3 amide bonds. The van der Waals surface area contributed by atoms with Crippen LogP contribution in [-0.4, -0.2) is 55.3 Å². The molecule has 1 unspecified atom stereocenters. The van der Waals surface area contributed by atoms with Gasteiger partial charge >= 0.3 is 0 Å². The molecule has 10 nitrogen and oxygen atoms in total. The third-order valence-corrected chi connectivity index (χ3v) is 6.52. The van der Waals surface area contributed by atoms with Gasteiger partial charge in [-0.1, -0.05) is 18.2 Å². The van der Waals surface area contributed by atoms with E-state index in [2.05, 4.69) is 5.32 Å². The zero-order chi connectivity index (χ0) is 26.7. The number of para-hydroxylation sites is 1. The van der Waals surface area contributed by atoms with E-state index in [9.17, 15) is 19.5 Å². The smallest absolute Gasteiger partial charge is 0.259 e. The molecule has 1 atom stereocenters. The molecule has 2 heterocycles. The van der Waals surface area contributed by atoms with E-state index in [0.29, 0.717) is 47.8 Å². The summed E-state index contributed by atoms with van der Waals surface area (Å²) in [5.74, 6) is -1.12. The van der Waals surface area contributed by atoms with E-state index < -0.39 is 23.6 Å². The topological polar surface area (TPSA) is 142 Å². The van der Waals surface area contributed by atoms with Crippen molar-refractivity contribution in [2.75, 3.05) is 27.9 Å². The van der Waals surface area contributed by atoms with E-state index in [0.717, 1.165) is 10.9 Å². The summed E-state index contributed by atoms with van der Waals surface area (Å²) >= 11 is 0. The number of ether oxygens (including phenoxy) is 3. The van der Waals surface area contributed by atoms with Crippen LogP contribution in [0.1, 0.15) is 24.0 Å². The number of benzene rings is 2. The van der Waals surface area contributed by atoms with E-state index in [1.807, 2.05) is 35.0 Å². The summed E-state index contributed by atoms with van der Waals surface area (Å²) < 4.78 is 18.3. The van der Waals surface area contributed by atoms with Gasteiger partial charge in [-0.3, -0.25) is 19.7 Å². The molecule has 0 spiro atoms. The fourth-order valence-corrected chi connectivity index (χ4v) is 4.68. The van der Waals surface area contributed by atoms with E-state index in [4.69, 9.17) is 19.9 Å². The summed E-state index contributed by atoms with van der Waals surface area (Å²) in [5.41, 5.74) is 7.68. The zero-order valence-corrected chi connectivity index (χ0v) is 20.9. The minimum atomic E-state index is -0.617. The van der Waals surface area contributed by atoms with Gasteiger partial charge in [0.25, 0.3) is 11.8 Å². The molecule has 0 bridgehead atoms. The molecule has 0 aliphatic carbocycles. The van der Waals surface area contributed by atoms with Gasteiger partial charge in [-0.2, -0.15) is 0 Å². The molecule has 4 rings (SSSR count). The number of aliphatic hydroxyl groups is 1. The molecule has 1 aliphatic heterocycles. The zero-order valence-electron chi connectivity index (χ0n) is 20.9. The normalized spacial score (nSPS) is 14.2. The molecule has 3 aromatic rings. The maximum Gasteiger partial charge on any atom is 0.259 e. The molecule has 194 valence electrons. The highest BCUT2D eigenvalue weighted by Gasteiger charge is 2.35. The number of nitrogens with one attached hydrogen (secondary N) is 1. The number of fused-ring (bicyclic) bond motifs is 1. The van der Waals surface area contributed by atoms with Crippen LogP contribution in [0.4, 0.5) is 0 Å². The Morgan fingerprint density at radius 2 is 1.68 bits per heavy atom. The quantitative estimate of drug-likeness (QED) is 0.338. The van der Waals surface area contributed by atoms with Crippen molar-refractivity contribution in [1.29, 1.82) is 0 Å². The number of carbonyl (C=O) groups excluding carboxylic acids is 3. The fourth-order valence-electron chi connectivity index (χ4n) is 4.68. The Morgan fingerprint density at radius 3 is 2.27 bits per heavy atom. The van der Waals surface area contributed by atoms with Gasteiger partial charge in [0.1, 0.15) is 0 Å². The van der Waals surface area contributed by atoms with Gasteiger partial charge in [0.15, 0.2) is 11.5 Å². The number of nitrogens with zero attached hydrogens (tertiary/aromatic N) is 1. The van der Waals surface area contributed by atoms with Crippen LogP contribution in [-0.2, 0) is 20.9 Å². The Bertz CT molecular complexity index is 1380. The van der Waals surface area contributed by atoms with Crippen molar-refractivity contribution in [3.63, 3.8) is 0 Å². The van der Waals surface area contributed by atoms with Crippen LogP contribution in [0.15, 0.2) is 42.6 Å². The Labute approximate surface area is 213 Å². The molecule has 1 aliphatic rings. The number of carbonyl (C=O) groups is 3. The third-order valence-electron chi connectivity index (χ3n) is 6.52. The number of nitrogens with two attached hydrogens (primary N) is 1. The summed E-state index contributed by atoms with van der Waals surface area (Å²) in [6.45, 7) is 0.215. The highest BCUT2D eigenvalue weighted by molar-refractivity contribution is 6.50. The van der Waals surface area contributed by atoms with Crippen LogP contribution in [0.25, 0.3) is 22.0 Å². The second kappa shape index (κ2) is 10.8. The minimum Gasteiger partial charge on any atom is -0.493 e. The molecule has 1 aromatic heterocycles. The van der Waals surface area contributed by atoms with Gasteiger partial charge in [0, 0.05) is 29.2 Å². The van der Waals surface area contributed by atoms with Crippen LogP contribution >= 0.6 is 0 Å². The first-order chi connectivity index (χ1) is 17.8. The molecule has 2 aromatic carbocycles. The molecule has 0 radical (unpaired) electrons. The molecule has 0 saturated carbocycles. The first-order valence-electron chi connectivity index (χ1n) is 11.7. The Kier molecular flexibility index (Phi) is 7.49. The highest BCUT2D eigenvalue weighted by Crippen LogP contribution is 2.43. The second-order valence-corrected chi connectivity index (χ2v) is 8.62. The fraction of sp³-hybridized carbons (Fsp3) is 0.296. The second-order valence-electron chi connectivity index (χ2n) is 8.62. The first kappa shape index (κ1) is 25.8. The predicted molar refractivity (Wildman–Crippen MR) is 137 cm³/mol. The number of rotatable bonds is 11. The van der Waals surface area contributed by atoms with Crippen LogP contribution in [0.5, 0.6) is 17.2 Å². The van der Waals surface area contributed by atoms with Gasteiger partial charge in [-0.05, 0) is 36.6 Å². The highest BCUT2D eigenvalue weighted by atomic mass is 16.5. The summed E-state index contributed by atoms with van der Waals surface area (Å²) in [7, 11) is 4.44. The van der Waals surface area contributed by atoms with Gasteiger partial charge < -0.3 is 29.6 Å². The van der Waals surface area contributed by atoms with E-state index in [-0.39, 0.29) is 17.8 Å². The van der Waals surface area contributed by atoms with Crippen molar-refractivity contribution in [2.45, 2.75) is 19.4 Å². The van der Waals surface area contributed by atoms with Crippen molar-refractivity contribution in [3.05, 3.63) is 53.7 Å². The molecule has 10 heteroatoms. The lowest BCUT2D eigenvalue weighted by Crippen LogP contribution is -2.26. The van der Waals surface area contributed by atoms with Crippen molar-refractivity contribution in [3.8, 4) is 17.2 Å². The SMILES string of the molecule is COc1cc(C2=C(c3cn(CCCC(CO)C(N)=O)c4ccccc34)C(=O)NC2=O)cc(OC)c1OC. The van der Waals surface area contributed by atoms with Crippen molar-refractivity contribution < 1.29 is 33.7 Å². The van der Waals surface area contributed by atoms with Gasteiger partial charge in [0.2, 0.25) is 11.7 Å². The number of methoxy groups -OCH3 is 3. The van der Waals surface area contributed by atoms with E-state index in [1.165, 1.54) is 21.3 Å². The molecular formula is C27H29N3O7. The number of amides is 3. The number of imide groups is 1. The maximum atomic E-state index is 13.1. The van der Waals surface area contributed by atoms with Crippen LogP contribution in [0.2, 0.25) is 0 Å². The third kappa shape index (κ3) is 4.75. The molecule has 0 saturated heterocycles. The minimum absolute atomic E-state index is 0.196. The summed E-state index contributed by atoms with van der Waals surface area (Å²) in [6.07, 6.45) is 2.83. The van der Waals surface area contributed by atoms with Crippen LogP contribution < -0.4 is 25.3 Å². The molecule has 0 fully saturated rings. The van der Waals surface area contributed by atoms with Gasteiger partial charge in [-0.15, -0.1) is 0 Å². The molecular weight excluding hydrogens is 478 g/mol. The summed E-state index contributed by atoms with van der Waals surface area (Å²) in [4.78, 5) is 37.6. The standard InChI is InChI=1S/C27H29N3O7/c1-35-20-11-16(12-21(36-2)24(20)37-3)22-23(27(34)29-26(22)33)18-13-30(19-9-5-4-8-17(18)19)10-6-7-15(14-31)25(28)32/h4-5,8-9,11-13,15,31H,6-7,10,14H2,1-3H3,(H2,28,32)(H,29,33,34). The number of aliphatic hydroxyl groups excluding tert-OH is 1.